The van der Waals surface area contributed by atoms with E-state index < -0.39 is 0 Å². The van der Waals surface area contributed by atoms with Crippen molar-refractivity contribution in [2.24, 2.45) is 0 Å². The van der Waals surface area contributed by atoms with Gasteiger partial charge in [0.25, 0.3) is 0 Å². The van der Waals surface area contributed by atoms with E-state index >= 15 is 0 Å². The van der Waals surface area contributed by atoms with Gasteiger partial charge in [0.2, 0.25) is 13.4 Å². The number of hydrogen-bond donors (Lipinski definition) is 0. The molecule has 0 amide bonds. The van der Waals surface area contributed by atoms with Gasteiger partial charge in [0.15, 0.2) is 0 Å². The van der Waals surface area contributed by atoms with Crippen molar-refractivity contribution in [3.8, 4) is 0 Å². The monoisotopic (exact) mass is 630 g/mol. The zero-order valence-corrected chi connectivity index (χ0v) is 28.7. The first kappa shape index (κ1) is 29.4. The van der Waals surface area contributed by atoms with Crippen LogP contribution in [0.15, 0.2) is 97.1 Å². The van der Waals surface area contributed by atoms with Gasteiger partial charge in [0.1, 0.15) is 0 Å². The summed E-state index contributed by atoms with van der Waals surface area (Å²) in [5, 5.41) is 8.78. The van der Waals surface area contributed by atoms with Gasteiger partial charge in [-0.15, -0.1) is 0 Å². The van der Waals surface area contributed by atoms with E-state index in [1.807, 2.05) is 0 Å². The van der Waals surface area contributed by atoms with Crippen LogP contribution in [-0.4, -0.2) is 13.4 Å². The lowest BCUT2D eigenvalue weighted by Gasteiger charge is -2.35. The van der Waals surface area contributed by atoms with Crippen molar-refractivity contribution in [2.75, 3.05) is 0 Å². The molecule has 1 heterocycles. The lowest BCUT2D eigenvalue weighted by atomic mass is 9.20. The van der Waals surface area contributed by atoms with Crippen molar-refractivity contribution in [1.29, 1.82) is 0 Å². The molecule has 0 spiro atoms. The predicted molar refractivity (Wildman–Crippen MR) is 206 cm³/mol. The van der Waals surface area contributed by atoms with Crippen LogP contribution in [0.25, 0.3) is 32.3 Å². The molecule has 0 saturated heterocycles. The predicted octanol–water partition coefficient (Wildman–Crippen LogP) is 7.65. The quantitative estimate of drug-likeness (QED) is 0.136. The second-order valence-electron chi connectivity index (χ2n) is 13.6. The Bertz CT molecular complexity index is 2210. The van der Waals surface area contributed by atoms with Gasteiger partial charge in [0.05, 0.1) is 10.0 Å². The van der Waals surface area contributed by atoms with E-state index in [9.17, 15) is 0 Å². The molecule has 222 valence electrons. The standard InChI is InChI=1S/C42H34B2Cl2/c1-23-11-25(3)41(26(4)12-23)43-35-19-33-17-31-15-29-9-7-8-10-30(29)16-32(31)18-34(33)20-36(35)44(38-22-40(46)39(45)21-37(38)43)42-27(5)13-24(2)14-28(42)6/h7-22H,1-6H3. The molecule has 0 unspecified atom stereocenters. The SMILES string of the molecule is Cc1cc(C)c(B2c3cc(Cl)c(Cl)cc3B(c3c(C)cc(C)cc3C)c3cc4cc5cc6ccccc6cc5cc4cc32)c(C)c1. The largest absolute Gasteiger partial charge is 0.240 e. The zero-order valence-electron chi connectivity index (χ0n) is 27.1. The van der Waals surface area contributed by atoms with Crippen molar-refractivity contribution < 1.29 is 0 Å². The molecule has 4 heteroatoms. The third-order valence-electron chi connectivity index (χ3n) is 10.3. The average molecular weight is 631 g/mol. The van der Waals surface area contributed by atoms with Crippen molar-refractivity contribution in [1.82, 2.24) is 0 Å². The Morgan fingerprint density at radius 2 is 0.674 bits per heavy atom. The minimum Gasteiger partial charge on any atom is -0.0827 e. The van der Waals surface area contributed by atoms with Gasteiger partial charge in [-0.2, -0.15) is 0 Å². The second-order valence-corrected chi connectivity index (χ2v) is 14.4. The highest BCUT2D eigenvalue weighted by Crippen LogP contribution is 2.28. The topological polar surface area (TPSA) is 0 Å². The fraction of sp³-hybridized carbons (Fsp3) is 0.143. The Balaban J connectivity index is 1.51. The molecule has 8 rings (SSSR count). The first-order chi connectivity index (χ1) is 22.1. The Hall–Kier alpha value is -3.97. The number of halogens is 2. The van der Waals surface area contributed by atoms with E-state index in [4.69, 9.17) is 23.2 Å². The molecule has 0 saturated carbocycles. The molecule has 1 aliphatic rings. The van der Waals surface area contributed by atoms with E-state index in [2.05, 4.69) is 139 Å². The van der Waals surface area contributed by atoms with Gasteiger partial charge >= 0.3 is 0 Å². The van der Waals surface area contributed by atoms with E-state index in [0.717, 1.165) is 0 Å². The summed E-state index contributed by atoms with van der Waals surface area (Å²) in [4.78, 5) is 0. The fourth-order valence-electron chi connectivity index (χ4n) is 8.61. The summed E-state index contributed by atoms with van der Waals surface area (Å²) in [7, 11) is 0. The van der Waals surface area contributed by atoms with Gasteiger partial charge in [-0.05, 0) is 110 Å². The lowest BCUT2D eigenvalue weighted by Crippen LogP contribution is -2.76. The third kappa shape index (κ3) is 4.61. The van der Waals surface area contributed by atoms with Crippen LogP contribution in [0.2, 0.25) is 10.0 Å². The zero-order chi connectivity index (χ0) is 32.0. The molecule has 7 aromatic rings. The van der Waals surface area contributed by atoms with Crippen molar-refractivity contribution in [2.45, 2.75) is 41.5 Å². The molecule has 7 aromatic carbocycles. The summed E-state index contributed by atoms with van der Waals surface area (Å²) in [6.45, 7) is 13.4. The van der Waals surface area contributed by atoms with E-state index in [1.54, 1.807) is 0 Å². The molecule has 0 aliphatic carbocycles. The van der Waals surface area contributed by atoms with Crippen molar-refractivity contribution >= 4 is 102 Å². The molecule has 0 radical (unpaired) electrons. The molecule has 0 aromatic heterocycles. The summed E-state index contributed by atoms with van der Waals surface area (Å²) in [6, 6.07) is 36.6. The molecule has 0 nitrogen and oxygen atoms in total. The number of rotatable bonds is 2. The first-order valence-electron chi connectivity index (χ1n) is 16.1. The fourth-order valence-corrected chi connectivity index (χ4v) is 8.95. The molecule has 0 fully saturated rings. The van der Waals surface area contributed by atoms with Crippen LogP contribution >= 0.6 is 23.2 Å². The van der Waals surface area contributed by atoms with Gasteiger partial charge in [-0.1, -0.05) is 150 Å². The van der Waals surface area contributed by atoms with Gasteiger partial charge in [-0.3, -0.25) is 0 Å². The van der Waals surface area contributed by atoms with Crippen LogP contribution in [0.1, 0.15) is 33.4 Å². The van der Waals surface area contributed by atoms with Gasteiger partial charge in [-0.25, -0.2) is 0 Å². The Morgan fingerprint density at radius 3 is 1.04 bits per heavy atom. The molecule has 0 atom stereocenters. The van der Waals surface area contributed by atoms with Crippen LogP contribution in [-0.2, 0) is 0 Å². The Labute approximate surface area is 282 Å². The molecular formula is C42H34B2Cl2. The summed E-state index contributed by atoms with van der Waals surface area (Å²) in [5.41, 5.74) is 15.7. The summed E-state index contributed by atoms with van der Waals surface area (Å²) < 4.78 is 0. The normalized spacial score (nSPS) is 12.7. The third-order valence-corrected chi connectivity index (χ3v) is 11.0. The maximum atomic E-state index is 6.88. The smallest absolute Gasteiger partial charge is 0.0827 e. The number of aryl methyl sites for hydroxylation is 6. The van der Waals surface area contributed by atoms with E-state index in [-0.39, 0.29) is 13.4 Å². The van der Waals surface area contributed by atoms with Crippen LogP contribution in [0.5, 0.6) is 0 Å². The first-order valence-corrected chi connectivity index (χ1v) is 16.9. The number of hydrogen-bond acceptors (Lipinski definition) is 0. The second kappa shape index (κ2) is 10.8. The van der Waals surface area contributed by atoms with Crippen LogP contribution in [0.4, 0.5) is 0 Å². The van der Waals surface area contributed by atoms with E-state index in [1.165, 1.54) is 98.5 Å². The maximum absolute atomic E-state index is 6.88. The highest BCUT2D eigenvalue weighted by molar-refractivity contribution is 7.11. The van der Waals surface area contributed by atoms with Gasteiger partial charge < -0.3 is 0 Å². The van der Waals surface area contributed by atoms with Crippen LogP contribution in [0.3, 0.4) is 0 Å². The Morgan fingerprint density at radius 1 is 0.370 bits per heavy atom. The summed E-state index contributed by atoms with van der Waals surface area (Å²) >= 11 is 13.8. The number of benzene rings is 7. The minimum atomic E-state index is 0.0272. The molecule has 1 aliphatic heterocycles. The highest BCUT2D eigenvalue weighted by atomic mass is 35.5. The van der Waals surface area contributed by atoms with Crippen LogP contribution < -0.4 is 32.8 Å². The van der Waals surface area contributed by atoms with E-state index in [0.29, 0.717) is 10.0 Å². The van der Waals surface area contributed by atoms with Gasteiger partial charge in [0, 0.05) is 0 Å². The van der Waals surface area contributed by atoms with Crippen molar-refractivity contribution in [3.05, 3.63) is 140 Å². The lowest BCUT2D eigenvalue weighted by molar-refractivity contribution is 1.35. The minimum absolute atomic E-state index is 0.0272. The average Bonchev–Trinajstić information content (AvgIpc) is 2.99. The highest BCUT2D eigenvalue weighted by Gasteiger charge is 2.41. The molecule has 0 bridgehead atoms. The molecule has 46 heavy (non-hydrogen) atoms. The summed E-state index contributed by atoms with van der Waals surface area (Å²) in [6.07, 6.45) is 0. The molecule has 0 N–H and O–H groups in total. The van der Waals surface area contributed by atoms with Crippen molar-refractivity contribution in [3.63, 3.8) is 0 Å². The number of fused-ring (bicyclic) bond motifs is 5. The van der Waals surface area contributed by atoms with Crippen LogP contribution in [0, 0.1) is 41.5 Å². The summed E-state index contributed by atoms with van der Waals surface area (Å²) in [5.74, 6) is 0. The Kier molecular flexibility index (Phi) is 6.91. The maximum Gasteiger partial charge on any atom is 0.240 e. The molecular weight excluding hydrogens is 597 g/mol.